The number of carbonyl (C=O) groups is 1. The van der Waals surface area contributed by atoms with Gasteiger partial charge in [0.1, 0.15) is 11.9 Å². The summed E-state index contributed by atoms with van der Waals surface area (Å²) in [6.07, 6.45) is 1.62. The Morgan fingerprint density at radius 3 is 2.40 bits per heavy atom. The molecule has 132 valence electrons. The van der Waals surface area contributed by atoms with Crippen LogP contribution in [0.25, 0.3) is 0 Å². The van der Waals surface area contributed by atoms with Gasteiger partial charge in [0, 0.05) is 6.42 Å². The Morgan fingerprint density at radius 1 is 1.12 bits per heavy atom. The molecule has 0 spiro atoms. The molecule has 0 fully saturated rings. The fraction of sp³-hybridized carbons (Fsp3) is 0.286. The normalized spacial score (nSPS) is 12.9. The zero-order valence-corrected chi connectivity index (χ0v) is 14.7. The minimum Gasteiger partial charge on any atom is -0.497 e. The number of esters is 1. The number of ether oxygens (including phenoxy) is 3. The van der Waals surface area contributed by atoms with Gasteiger partial charge in [-0.2, -0.15) is 0 Å². The molecule has 25 heavy (non-hydrogen) atoms. The van der Waals surface area contributed by atoms with E-state index in [0.717, 1.165) is 11.3 Å². The van der Waals surface area contributed by atoms with Gasteiger partial charge in [-0.15, -0.1) is 6.58 Å². The number of hydrogen-bond acceptors (Lipinski definition) is 4. The first kappa shape index (κ1) is 18.7. The average molecular weight is 340 g/mol. The quantitative estimate of drug-likeness (QED) is 0.501. The minimum absolute atomic E-state index is 0.257. The van der Waals surface area contributed by atoms with Crippen LogP contribution in [0.3, 0.4) is 0 Å². The van der Waals surface area contributed by atoms with E-state index in [0.29, 0.717) is 18.6 Å². The first-order valence-corrected chi connectivity index (χ1v) is 8.25. The molecule has 0 unspecified atom stereocenters. The van der Waals surface area contributed by atoms with E-state index in [2.05, 4.69) is 6.58 Å². The lowest BCUT2D eigenvalue weighted by atomic mass is 10.1. The standard InChI is InChI=1S/C21H24O4/c1-4-8-20(25-21(22)18-9-6-5-7-10-18)16(2)24-15-17-11-13-19(23-3)14-12-17/h4-7,9-14,16,20H,1,8,15H2,2-3H3/t16-,20-/m0/s1. The fourth-order valence-electron chi connectivity index (χ4n) is 2.34. The summed E-state index contributed by atoms with van der Waals surface area (Å²) in [5.74, 6) is 0.450. The van der Waals surface area contributed by atoms with Crippen LogP contribution < -0.4 is 4.74 Å². The Morgan fingerprint density at radius 2 is 1.80 bits per heavy atom. The van der Waals surface area contributed by atoms with Gasteiger partial charge in [-0.05, 0) is 36.8 Å². The zero-order valence-electron chi connectivity index (χ0n) is 14.7. The van der Waals surface area contributed by atoms with Crippen LogP contribution in [0.4, 0.5) is 0 Å². The molecule has 0 saturated heterocycles. The van der Waals surface area contributed by atoms with E-state index in [9.17, 15) is 4.79 Å². The number of benzene rings is 2. The molecule has 0 bridgehead atoms. The van der Waals surface area contributed by atoms with Gasteiger partial charge in [0.05, 0.1) is 25.4 Å². The number of rotatable bonds is 9. The van der Waals surface area contributed by atoms with Crippen molar-refractivity contribution < 1.29 is 19.0 Å². The minimum atomic E-state index is -0.386. The number of carbonyl (C=O) groups excluding carboxylic acids is 1. The summed E-state index contributed by atoms with van der Waals surface area (Å²) in [5, 5.41) is 0. The highest BCUT2D eigenvalue weighted by Crippen LogP contribution is 2.16. The molecule has 0 radical (unpaired) electrons. The van der Waals surface area contributed by atoms with Gasteiger partial charge in [0.2, 0.25) is 0 Å². The van der Waals surface area contributed by atoms with Crippen LogP contribution in [0, 0.1) is 0 Å². The zero-order chi connectivity index (χ0) is 18.1. The van der Waals surface area contributed by atoms with Crippen molar-refractivity contribution in [3.63, 3.8) is 0 Å². The van der Waals surface area contributed by atoms with E-state index in [4.69, 9.17) is 14.2 Å². The maximum absolute atomic E-state index is 12.3. The van der Waals surface area contributed by atoms with E-state index in [-0.39, 0.29) is 18.2 Å². The van der Waals surface area contributed by atoms with E-state index in [1.54, 1.807) is 25.3 Å². The molecule has 4 heteroatoms. The topological polar surface area (TPSA) is 44.8 Å². The van der Waals surface area contributed by atoms with Gasteiger partial charge in [-0.3, -0.25) is 0 Å². The lowest BCUT2D eigenvalue weighted by Gasteiger charge is -2.23. The van der Waals surface area contributed by atoms with E-state index in [1.165, 1.54) is 0 Å². The Balaban J connectivity index is 1.93. The van der Waals surface area contributed by atoms with Crippen molar-refractivity contribution in [2.45, 2.75) is 32.2 Å². The molecule has 2 aromatic rings. The maximum atomic E-state index is 12.3. The summed E-state index contributed by atoms with van der Waals surface area (Å²) in [4.78, 5) is 12.3. The van der Waals surface area contributed by atoms with Gasteiger partial charge in [-0.1, -0.05) is 36.4 Å². The molecule has 2 rings (SSSR count). The highest BCUT2D eigenvalue weighted by atomic mass is 16.6. The summed E-state index contributed by atoms with van der Waals surface area (Å²) in [7, 11) is 1.63. The Labute approximate surface area is 149 Å². The van der Waals surface area contributed by atoms with Crippen LogP contribution in [-0.4, -0.2) is 25.3 Å². The van der Waals surface area contributed by atoms with E-state index < -0.39 is 0 Å². The molecule has 0 aliphatic heterocycles. The van der Waals surface area contributed by atoms with Crippen molar-refractivity contribution in [1.29, 1.82) is 0 Å². The fourth-order valence-corrected chi connectivity index (χ4v) is 2.34. The second-order valence-corrected chi connectivity index (χ2v) is 5.70. The summed E-state index contributed by atoms with van der Waals surface area (Å²) >= 11 is 0. The molecule has 0 saturated carbocycles. The smallest absolute Gasteiger partial charge is 0.338 e. The average Bonchev–Trinajstić information content (AvgIpc) is 2.66. The van der Waals surface area contributed by atoms with Gasteiger partial charge >= 0.3 is 5.97 Å². The molecule has 0 amide bonds. The molecule has 0 heterocycles. The largest absolute Gasteiger partial charge is 0.497 e. The second-order valence-electron chi connectivity index (χ2n) is 5.70. The third-order valence-electron chi connectivity index (χ3n) is 3.86. The van der Waals surface area contributed by atoms with Crippen LogP contribution in [0.5, 0.6) is 5.75 Å². The molecule has 0 aromatic heterocycles. The Hall–Kier alpha value is -2.59. The maximum Gasteiger partial charge on any atom is 0.338 e. The third kappa shape index (κ3) is 5.76. The van der Waals surface area contributed by atoms with Gasteiger partial charge < -0.3 is 14.2 Å². The van der Waals surface area contributed by atoms with Crippen LogP contribution in [0.15, 0.2) is 67.3 Å². The molecule has 0 N–H and O–H groups in total. The molecule has 0 aliphatic carbocycles. The number of hydrogen-bond donors (Lipinski definition) is 0. The van der Waals surface area contributed by atoms with Crippen molar-refractivity contribution >= 4 is 5.97 Å². The summed E-state index contributed by atoms with van der Waals surface area (Å²) in [5.41, 5.74) is 1.55. The predicted molar refractivity (Wildman–Crippen MR) is 97.7 cm³/mol. The molecular weight excluding hydrogens is 316 g/mol. The van der Waals surface area contributed by atoms with Crippen LogP contribution in [0.2, 0.25) is 0 Å². The van der Waals surface area contributed by atoms with E-state index in [1.807, 2.05) is 49.4 Å². The molecule has 2 atom stereocenters. The Kier molecular flexibility index (Phi) is 7.23. The summed E-state index contributed by atoms with van der Waals surface area (Å²) in [6, 6.07) is 16.6. The van der Waals surface area contributed by atoms with Crippen molar-refractivity contribution in [2.75, 3.05) is 7.11 Å². The number of methoxy groups -OCH3 is 1. The monoisotopic (exact) mass is 340 g/mol. The van der Waals surface area contributed by atoms with Gasteiger partial charge in [-0.25, -0.2) is 4.79 Å². The second kappa shape index (κ2) is 9.64. The summed E-state index contributed by atoms with van der Waals surface area (Å²) in [6.45, 7) is 6.07. The molecular formula is C21H24O4. The first-order chi connectivity index (χ1) is 12.1. The molecule has 2 aromatic carbocycles. The van der Waals surface area contributed by atoms with Gasteiger partial charge in [0.25, 0.3) is 0 Å². The van der Waals surface area contributed by atoms with Crippen molar-refractivity contribution in [2.24, 2.45) is 0 Å². The first-order valence-electron chi connectivity index (χ1n) is 8.25. The highest BCUT2D eigenvalue weighted by molar-refractivity contribution is 5.89. The van der Waals surface area contributed by atoms with Crippen molar-refractivity contribution in [1.82, 2.24) is 0 Å². The third-order valence-corrected chi connectivity index (χ3v) is 3.86. The molecule has 0 aliphatic rings. The van der Waals surface area contributed by atoms with Crippen molar-refractivity contribution in [3.8, 4) is 5.75 Å². The predicted octanol–water partition coefficient (Wildman–Crippen LogP) is 4.40. The highest BCUT2D eigenvalue weighted by Gasteiger charge is 2.22. The Bertz CT molecular complexity index is 664. The van der Waals surface area contributed by atoms with Crippen molar-refractivity contribution in [3.05, 3.63) is 78.4 Å². The molecule has 4 nitrogen and oxygen atoms in total. The van der Waals surface area contributed by atoms with Crippen LogP contribution in [-0.2, 0) is 16.1 Å². The lowest BCUT2D eigenvalue weighted by molar-refractivity contribution is -0.0497. The van der Waals surface area contributed by atoms with E-state index >= 15 is 0 Å². The summed E-state index contributed by atoms with van der Waals surface area (Å²) < 4.78 is 16.6. The SMILES string of the molecule is C=CC[C@H](OC(=O)c1ccccc1)[C@H](C)OCc1ccc(OC)cc1. The van der Waals surface area contributed by atoms with Crippen LogP contribution >= 0.6 is 0 Å². The lowest BCUT2D eigenvalue weighted by Crippen LogP contribution is -2.31. The van der Waals surface area contributed by atoms with Crippen LogP contribution in [0.1, 0.15) is 29.3 Å². The van der Waals surface area contributed by atoms with Gasteiger partial charge in [0.15, 0.2) is 0 Å².